The number of hydrogen-bond acceptors (Lipinski definition) is 3. The molecule has 1 saturated carbocycles. The lowest BCUT2D eigenvalue weighted by molar-refractivity contribution is -0.124. The first-order chi connectivity index (χ1) is 8.58. The zero-order chi connectivity index (χ0) is 13.2. The van der Waals surface area contributed by atoms with E-state index in [2.05, 4.69) is 10.3 Å². The predicted octanol–water partition coefficient (Wildman–Crippen LogP) is 1.30. The molecule has 1 aromatic rings. The zero-order valence-electron chi connectivity index (χ0n) is 11.3. The van der Waals surface area contributed by atoms with Gasteiger partial charge in [0.15, 0.2) is 0 Å². The van der Waals surface area contributed by atoms with Crippen molar-refractivity contribution >= 4 is 5.91 Å². The van der Waals surface area contributed by atoms with Gasteiger partial charge in [-0.05, 0) is 26.7 Å². The van der Waals surface area contributed by atoms with Crippen molar-refractivity contribution in [2.45, 2.75) is 32.7 Å². The first-order valence-electron chi connectivity index (χ1n) is 6.34. The molecule has 0 radical (unpaired) electrons. The molecule has 1 aromatic heterocycles. The number of nitrogens with one attached hydrogen (secondary N) is 1. The number of rotatable bonds is 6. The van der Waals surface area contributed by atoms with E-state index >= 15 is 0 Å². The number of carbonyl (C=O) groups is 1. The van der Waals surface area contributed by atoms with Crippen LogP contribution in [0.3, 0.4) is 0 Å². The number of carbonyl (C=O) groups excluding carboxylic acids is 1. The lowest BCUT2D eigenvalue weighted by atomic mass is 10.1. The lowest BCUT2D eigenvalue weighted by Crippen LogP contribution is -2.36. The van der Waals surface area contributed by atoms with Crippen molar-refractivity contribution in [3.8, 4) is 0 Å². The van der Waals surface area contributed by atoms with Crippen LogP contribution in [0.2, 0.25) is 0 Å². The highest BCUT2D eigenvalue weighted by Crippen LogP contribution is 2.45. The van der Waals surface area contributed by atoms with Crippen LogP contribution in [0.5, 0.6) is 0 Å². The smallest absolute Gasteiger partial charge is 0.242 e. The highest BCUT2D eigenvalue weighted by atomic mass is 16.5. The average molecular weight is 251 g/mol. The maximum absolute atomic E-state index is 12.1. The molecule has 1 aliphatic carbocycles. The van der Waals surface area contributed by atoms with Crippen LogP contribution in [-0.2, 0) is 9.53 Å². The minimum absolute atomic E-state index is 0.0403. The van der Waals surface area contributed by atoms with Gasteiger partial charge in [-0.1, -0.05) is 0 Å². The first kappa shape index (κ1) is 13.1. The molecule has 0 saturated heterocycles. The second-order valence-corrected chi connectivity index (χ2v) is 5.21. The van der Waals surface area contributed by atoms with E-state index in [1.807, 2.05) is 24.6 Å². The Morgan fingerprint density at radius 1 is 1.67 bits per heavy atom. The Labute approximate surface area is 108 Å². The molecule has 0 spiro atoms. The molecule has 1 atom stereocenters. The van der Waals surface area contributed by atoms with Crippen LogP contribution < -0.4 is 5.32 Å². The predicted molar refractivity (Wildman–Crippen MR) is 68.2 cm³/mol. The first-order valence-corrected chi connectivity index (χ1v) is 6.34. The molecule has 2 rings (SSSR count). The van der Waals surface area contributed by atoms with Gasteiger partial charge < -0.3 is 14.6 Å². The second-order valence-electron chi connectivity index (χ2n) is 5.21. The Hall–Kier alpha value is -1.36. The quantitative estimate of drug-likeness (QED) is 0.829. The molecule has 0 unspecified atom stereocenters. The van der Waals surface area contributed by atoms with Gasteiger partial charge in [-0.3, -0.25) is 4.79 Å². The van der Waals surface area contributed by atoms with Crippen molar-refractivity contribution in [2.24, 2.45) is 5.41 Å². The number of aromatic nitrogens is 2. The van der Waals surface area contributed by atoms with E-state index in [-0.39, 0.29) is 17.4 Å². The molecule has 5 nitrogen and oxygen atoms in total. The number of imidazole rings is 1. The molecule has 1 amide bonds. The Bertz CT molecular complexity index is 424. The molecule has 1 fully saturated rings. The normalized spacial score (nSPS) is 18.4. The summed E-state index contributed by atoms with van der Waals surface area (Å²) in [6.45, 7) is 5.22. The highest BCUT2D eigenvalue weighted by Gasteiger charge is 2.42. The molecule has 1 heterocycles. The molecule has 100 valence electrons. The van der Waals surface area contributed by atoms with Gasteiger partial charge >= 0.3 is 0 Å². The average Bonchev–Trinajstić information content (AvgIpc) is 2.99. The Balaban J connectivity index is 1.87. The fourth-order valence-corrected chi connectivity index (χ4v) is 2.20. The molecule has 5 heteroatoms. The van der Waals surface area contributed by atoms with Crippen LogP contribution in [0.15, 0.2) is 12.4 Å². The summed E-state index contributed by atoms with van der Waals surface area (Å²) in [5, 5.41) is 3.02. The summed E-state index contributed by atoms with van der Waals surface area (Å²) in [4.78, 5) is 16.2. The van der Waals surface area contributed by atoms with Gasteiger partial charge in [0.1, 0.15) is 11.9 Å². The summed E-state index contributed by atoms with van der Waals surface area (Å²) in [5.74, 6) is 0.897. The largest absolute Gasteiger partial charge is 0.384 e. The minimum Gasteiger partial charge on any atom is -0.384 e. The van der Waals surface area contributed by atoms with Gasteiger partial charge in [0, 0.05) is 31.5 Å². The van der Waals surface area contributed by atoms with Crippen LogP contribution in [0.1, 0.15) is 31.6 Å². The monoisotopic (exact) mass is 251 g/mol. The molecule has 0 bridgehead atoms. The lowest BCUT2D eigenvalue weighted by Gasteiger charge is -2.18. The van der Waals surface area contributed by atoms with Gasteiger partial charge in [0.25, 0.3) is 0 Å². The molecular formula is C13H21N3O2. The zero-order valence-corrected chi connectivity index (χ0v) is 11.3. The fourth-order valence-electron chi connectivity index (χ4n) is 2.20. The second kappa shape index (κ2) is 5.10. The molecule has 0 aliphatic heterocycles. The Morgan fingerprint density at radius 3 is 2.89 bits per heavy atom. The van der Waals surface area contributed by atoms with Crippen LogP contribution in [0.25, 0.3) is 0 Å². The third-order valence-electron chi connectivity index (χ3n) is 3.70. The van der Waals surface area contributed by atoms with Crippen molar-refractivity contribution in [2.75, 3.05) is 20.3 Å². The summed E-state index contributed by atoms with van der Waals surface area (Å²) < 4.78 is 7.07. The van der Waals surface area contributed by atoms with Crippen LogP contribution in [0.4, 0.5) is 0 Å². The fraction of sp³-hybridized carbons (Fsp3) is 0.692. The van der Waals surface area contributed by atoms with Crippen molar-refractivity contribution < 1.29 is 9.53 Å². The van der Waals surface area contributed by atoms with Crippen molar-refractivity contribution in [3.63, 3.8) is 0 Å². The summed E-state index contributed by atoms with van der Waals surface area (Å²) >= 11 is 0. The van der Waals surface area contributed by atoms with E-state index in [0.717, 1.165) is 25.3 Å². The summed E-state index contributed by atoms with van der Waals surface area (Å²) in [7, 11) is 1.71. The maximum Gasteiger partial charge on any atom is 0.242 e. The van der Waals surface area contributed by atoms with Crippen LogP contribution in [-0.4, -0.2) is 35.7 Å². The Kier molecular flexibility index (Phi) is 3.71. The summed E-state index contributed by atoms with van der Waals surface area (Å²) in [6.07, 6.45) is 5.83. The molecule has 1 aliphatic rings. The van der Waals surface area contributed by atoms with Gasteiger partial charge in [0.05, 0.1) is 6.61 Å². The number of hydrogen-bond donors (Lipinski definition) is 1. The van der Waals surface area contributed by atoms with Gasteiger partial charge in [-0.2, -0.15) is 0 Å². The number of aryl methyl sites for hydroxylation is 1. The topological polar surface area (TPSA) is 56.1 Å². The van der Waals surface area contributed by atoms with Gasteiger partial charge in [-0.25, -0.2) is 4.98 Å². The van der Waals surface area contributed by atoms with Crippen molar-refractivity contribution in [3.05, 3.63) is 18.2 Å². The Morgan fingerprint density at radius 2 is 2.39 bits per heavy atom. The maximum atomic E-state index is 12.1. The molecule has 18 heavy (non-hydrogen) atoms. The number of ether oxygens (including phenoxy) is 1. The van der Waals surface area contributed by atoms with Crippen LogP contribution in [0, 0.1) is 12.3 Å². The van der Waals surface area contributed by atoms with E-state index in [9.17, 15) is 4.79 Å². The summed E-state index contributed by atoms with van der Waals surface area (Å²) in [6, 6.07) is -0.217. The van der Waals surface area contributed by atoms with Crippen molar-refractivity contribution in [1.29, 1.82) is 0 Å². The number of methoxy groups -OCH3 is 1. The van der Waals surface area contributed by atoms with Crippen molar-refractivity contribution in [1.82, 2.24) is 14.9 Å². The van der Waals surface area contributed by atoms with E-state index < -0.39 is 0 Å². The van der Waals surface area contributed by atoms with Crippen LogP contribution >= 0.6 is 0 Å². The molecule has 1 N–H and O–H groups in total. The van der Waals surface area contributed by atoms with E-state index in [0.29, 0.717) is 6.54 Å². The van der Waals surface area contributed by atoms with E-state index in [1.54, 1.807) is 13.3 Å². The number of nitrogens with zero attached hydrogens (tertiary/aromatic N) is 2. The third-order valence-corrected chi connectivity index (χ3v) is 3.70. The van der Waals surface area contributed by atoms with Gasteiger partial charge in [0.2, 0.25) is 5.91 Å². The molecule has 0 aromatic carbocycles. The van der Waals surface area contributed by atoms with E-state index in [4.69, 9.17) is 4.74 Å². The van der Waals surface area contributed by atoms with Gasteiger partial charge in [-0.15, -0.1) is 0 Å². The van der Waals surface area contributed by atoms with E-state index in [1.165, 1.54) is 0 Å². The third kappa shape index (κ3) is 2.72. The number of amides is 1. The summed E-state index contributed by atoms with van der Waals surface area (Å²) in [5.41, 5.74) is 0.189. The minimum atomic E-state index is -0.217. The standard InChI is InChI=1S/C13H21N3O2/c1-10(16-7-6-14-11(16)2)12(17)15-8-13(4-5-13)9-18-3/h6-7,10H,4-5,8-9H2,1-3H3,(H,15,17)/t10-/m0/s1. The SMILES string of the molecule is COCC1(CNC(=O)[C@H](C)n2ccnc2C)CC1. The molecular weight excluding hydrogens is 230 g/mol. The highest BCUT2D eigenvalue weighted by molar-refractivity contribution is 5.80.